The van der Waals surface area contributed by atoms with E-state index in [0.29, 0.717) is 5.56 Å². The highest BCUT2D eigenvalue weighted by atomic mass is 32.1. The van der Waals surface area contributed by atoms with E-state index >= 15 is 0 Å². The van der Waals surface area contributed by atoms with E-state index in [1.54, 1.807) is 35.9 Å². The van der Waals surface area contributed by atoms with Crippen LogP contribution >= 0.6 is 11.3 Å². The molecular formula is C20H15N3OS. The molecule has 0 saturated carbocycles. The minimum absolute atomic E-state index is 0.169. The maximum atomic E-state index is 12.4. The molecule has 0 saturated heterocycles. The van der Waals surface area contributed by atoms with Crippen LogP contribution in [0, 0.1) is 6.92 Å². The summed E-state index contributed by atoms with van der Waals surface area (Å²) < 4.78 is 1.15. The van der Waals surface area contributed by atoms with E-state index in [4.69, 9.17) is 4.98 Å². The van der Waals surface area contributed by atoms with E-state index in [2.05, 4.69) is 16.4 Å². The van der Waals surface area contributed by atoms with E-state index in [-0.39, 0.29) is 5.91 Å². The zero-order chi connectivity index (χ0) is 17.2. The zero-order valence-corrected chi connectivity index (χ0v) is 14.4. The van der Waals surface area contributed by atoms with Crippen LogP contribution in [0.2, 0.25) is 0 Å². The lowest BCUT2D eigenvalue weighted by Gasteiger charge is -2.11. The lowest BCUT2D eigenvalue weighted by molar-refractivity contribution is 0.102. The molecule has 0 aliphatic carbocycles. The number of para-hydroxylation sites is 1. The highest BCUT2D eigenvalue weighted by Crippen LogP contribution is 2.34. The number of aromatic nitrogens is 2. The van der Waals surface area contributed by atoms with Crippen LogP contribution in [0.15, 0.2) is 67.0 Å². The number of hydrogen-bond donors (Lipinski definition) is 1. The Morgan fingerprint density at radius 2 is 1.92 bits per heavy atom. The first-order valence-corrected chi connectivity index (χ1v) is 8.71. The van der Waals surface area contributed by atoms with Gasteiger partial charge in [0, 0.05) is 23.6 Å². The lowest BCUT2D eigenvalue weighted by atomic mass is 10.1. The summed E-state index contributed by atoms with van der Waals surface area (Å²) in [6.07, 6.45) is 3.21. The fraction of sp³-hybridized carbons (Fsp3) is 0.0500. The van der Waals surface area contributed by atoms with Crippen molar-refractivity contribution in [2.24, 2.45) is 0 Å². The van der Waals surface area contributed by atoms with Crippen molar-refractivity contribution in [3.63, 3.8) is 0 Å². The van der Waals surface area contributed by atoms with Gasteiger partial charge in [-0.15, -0.1) is 11.3 Å². The van der Waals surface area contributed by atoms with Crippen molar-refractivity contribution in [1.29, 1.82) is 0 Å². The van der Waals surface area contributed by atoms with Gasteiger partial charge in [-0.1, -0.05) is 24.3 Å². The molecule has 5 heteroatoms. The van der Waals surface area contributed by atoms with Crippen LogP contribution in [-0.2, 0) is 0 Å². The van der Waals surface area contributed by atoms with Crippen LogP contribution < -0.4 is 5.32 Å². The predicted molar refractivity (Wildman–Crippen MR) is 102 cm³/mol. The van der Waals surface area contributed by atoms with Gasteiger partial charge in [-0.25, -0.2) is 4.98 Å². The first-order chi connectivity index (χ1) is 12.2. The van der Waals surface area contributed by atoms with Crippen molar-refractivity contribution in [3.8, 4) is 10.6 Å². The van der Waals surface area contributed by atoms with Crippen LogP contribution in [0.25, 0.3) is 20.8 Å². The number of anilines is 1. The largest absolute Gasteiger partial charge is 0.322 e. The van der Waals surface area contributed by atoms with Gasteiger partial charge in [-0.3, -0.25) is 9.78 Å². The average molecular weight is 345 g/mol. The highest BCUT2D eigenvalue weighted by Gasteiger charge is 2.13. The smallest absolute Gasteiger partial charge is 0.257 e. The Morgan fingerprint density at radius 1 is 1.04 bits per heavy atom. The van der Waals surface area contributed by atoms with E-state index < -0.39 is 0 Å². The summed E-state index contributed by atoms with van der Waals surface area (Å²) in [5.41, 5.74) is 4.34. The Labute approximate surface area is 149 Å². The fourth-order valence-electron chi connectivity index (χ4n) is 2.68. The maximum absolute atomic E-state index is 12.4. The summed E-state index contributed by atoms with van der Waals surface area (Å²) in [5.74, 6) is -0.169. The fourth-order valence-corrected chi connectivity index (χ4v) is 3.73. The number of thiazole rings is 1. The molecule has 2 heterocycles. The summed E-state index contributed by atoms with van der Waals surface area (Å²) in [6.45, 7) is 2.00. The SMILES string of the molecule is Cc1c(NC(=O)c2cccnc2)cccc1-c1nc2ccccc2s1. The number of fused-ring (bicyclic) bond motifs is 1. The number of carbonyl (C=O) groups excluding carboxylic acids is 1. The van der Waals surface area contributed by atoms with Gasteiger partial charge in [0.15, 0.2) is 0 Å². The third-order valence-electron chi connectivity index (χ3n) is 4.03. The Kier molecular flexibility index (Phi) is 3.99. The van der Waals surface area contributed by atoms with Crippen LogP contribution in [0.3, 0.4) is 0 Å². The number of hydrogen-bond acceptors (Lipinski definition) is 4. The molecule has 4 rings (SSSR count). The second kappa shape index (κ2) is 6.45. The quantitative estimate of drug-likeness (QED) is 0.573. The molecule has 25 heavy (non-hydrogen) atoms. The summed E-state index contributed by atoms with van der Waals surface area (Å²) in [5, 5.41) is 3.92. The van der Waals surface area contributed by atoms with Gasteiger partial charge in [0.1, 0.15) is 5.01 Å². The number of rotatable bonds is 3. The summed E-state index contributed by atoms with van der Waals surface area (Å²) in [4.78, 5) is 21.1. The van der Waals surface area contributed by atoms with Gasteiger partial charge in [0.05, 0.1) is 15.8 Å². The Morgan fingerprint density at radius 3 is 2.72 bits per heavy atom. The molecule has 0 unspecified atom stereocenters. The molecule has 4 nitrogen and oxygen atoms in total. The van der Waals surface area contributed by atoms with E-state index in [0.717, 1.165) is 32.0 Å². The second-order valence-electron chi connectivity index (χ2n) is 5.66. The lowest BCUT2D eigenvalue weighted by Crippen LogP contribution is -2.13. The molecule has 0 radical (unpaired) electrons. The molecule has 4 aromatic rings. The first-order valence-electron chi connectivity index (χ1n) is 7.89. The summed E-state index contributed by atoms with van der Waals surface area (Å²) in [7, 11) is 0. The number of benzene rings is 2. The molecule has 0 aliphatic rings. The first kappa shape index (κ1) is 15.5. The standard InChI is InChI=1S/C20H15N3OS/c1-13-15(20-23-17-8-2-3-10-18(17)25-20)7-4-9-16(13)22-19(24)14-6-5-11-21-12-14/h2-12H,1H3,(H,22,24). The van der Waals surface area contributed by atoms with Gasteiger partial charge in [0.2, 0.25) is 0 Å². The van der Waals surface area contributed by atoms with Gasteiger partial charge in [-0.05, 0) is 42.8 Å². The van der Waals surface area contributed by atoms with Crippen LogP contribution in [0.1, 0.15) is 15.9 Å². The molecule has 0 aliphatic heterocycles. The topological polar surface area (TPSA) is 54.9 Å². The maximum Gasteiger partial charge on any atom is 0.257 e. The molecule has 2 aromatic heterocycles. The van der Waals surface area contributed by atoms with Crippen LogP contribution in [-0.4, -0.2) is 15.9 Å². The third-order valence-corrected chi connectivity index (χ3v) is 5.10. The van der Waals surface area contributed by atoms with Gasteiger partial charge in [0.25, 0.3) is 5.91 Å². The van der Waals surface area contributed by atoms with Crippen molar-refractivity contribution in [1.82, 2.24) is 9.97 Å². The molecule has 0 spiro atoms. The average Bonchev–Trinajstić information content (AvgIpc) is 3.08. The second-order valence-corrected chi connectivity index (χ2v) is 6.69. The Bertz CT molecular complexity index is 1020. The van der Waals surface area contributed by atoms with Crippen LogP contribution in [0.5, 0.6) is 0 Å². The van der Waals surface area contributed by atoms with Crippen molar-refractivity contribution in [2.75, 3.05) is 5.32 Å². The summed E-state index contributed by atoms with van der Waals surface area (Å²) in [6, 6.07) is 17.5. The molecule has 122 valence electrons. The molecule has 1 amide bonds. The molecule has 2 aromatic carbocycles. The van der Waals surface area contributed by atoms with Crippen molar-refractivity contribution in [3.05, 3.63) is 78.1 Å². The monoisotopic (exact) mass is 345 g/mol. The van der Waals surface area contributed by atoms with Crippen LogP contribution in [0.4, 0.5) is 5.69 Å². The number of carbonyl (C=O) groups is 1. The number of pyridine rings is 1. The number of nitrogens with one attached hydrogen (secondary N) is 1. The van der Waals surface area contributed by atoms with E-state index in [1.807, 2.05) is 43.3 Å². The van der Waals surface area contributed by atoms with E-state index in [1.165, 1.54) is 0 Å². The zero-order valence-electron chi connectivity index (χ0n) is 13.6. The third kappa shape index (κ3) is 3.02. The van der Waals surface area contributed by atoms with Crippen molar-refractivity contribution >= 4 is 33.1 Å². The van der Waals surface area contributed by atoms with Gasteiger partial charge >= 0.3 is 0 Å². The van der Waals surface area contributed by atoms with Crippen molar-refractivity contribution in [2.45, 2.75) is 6.92 Å². The summed E-state index contributed by atoms with van der Waals surface area (Å²) >= 11 is 1.65. The molecule has 0 bridgehead atoms. The number of nitrogens with zero attached hydrogens (tertiary/aromatic N) is 2. The molecular weight excluding hydrogens is 330 g/mol. The Balaban J connectivity index is 1.69. The minimum atomic E-state index is -0.169. The Hall–Kier alpha value is -3.05. The van der Waals surface area contributed by atoms with Gasteiger partial charge < -0.3 is 5.32 Å². The normalized spacial score (nSPS) is 10.8. The highest BCUT2D eigenvalue weighted by molar-refractivity contribution is 7.21. The van der Waals surface area contributed by atoms with Gasteiger partial charge in [-0.2, -0.15) is 0 Å². The molecule has 0 fully saturated rings. The van der Waals surface area contributed by atoms with E-state index in [9.17, 15) is 4.79 Å². The minimum Gasteiger partial charge on any atom is -0.322 e. The predicted octanol–water partition coefficient (Wildman–Crippen LogP) is 4.92. The molecule has 1 N–H and O–H groups in total. The molecule has 0 atom stereocenters. The number of amides is 1. The van der Waals surface area contributed by atoms with Crippen molar-refractivity contribution < 1.29 is 4.79 Å².